The number of phenols is 1. The molecule has 0 aliphatic heterocycles. The minimum Gasteiger partial charge on any atom is -0.507 e. The van der Waals surface area contributed by atoms with E-state index in [9.17, 15) is 9.90 Å². The van der Waals surface area contributed by atoms with Crippen LogP contribution in [0.2, 0.25) is 0 Å². The summed E-state index contributed by atoms with van der Waals surface area (Å²) in [4.78, 5) is 11.4. The quantitative estimate of drug-likeness (QED) is 0.501. The van der Waals surface area contributed by atoms with Crippen LogP contribution in [-0.4, -0.2) is 17.7 Å². The lowest BCUT2D eigenvalue weighted by atomic mass is 10.1. The minimum absolute atomic E-state index is 0.0894. The van der Waals surface area contributed by atoms with Crippen molar-refractivity contribution in [3.8, 4) is 5.75 Å². The highest BCUT2D eigenvalue weighted by molar-refractivity contribution is 5.93. The van der Waals surface area contributed by atoms with Gasteiger partial charge in [0, 0.05) is 18.3 Å². The van der Waals surface area contributed by atoms with E-state index in [-0.39, 0.29) is 24.5 Å². The number of hydrogen-bond donors (Lipinski definition) is 3. The lowest BCUT2D eigenvalue weighted by Crippen LogP contribution is -2.08. The number of esters is 1. The molecule has 0 unspecified atom stereocenters. The molecule has 0 bridgehead atoms. The lowest BCUT2D eigenvalue weighted by Gasteiger charge is -2.08. The molecule has 0 aliphatic rings. The maximum Gasteiger partial charge on any atom is 0.341 e. The van der Waals surface area contributed by atoms with Crippen LogP contribution in [0.5, 0.6) is 5.75 Å². The topological polar surface area (TPSA) is 98.6 Å². The highest BCUT2D eigenvalue weighted by atomic mass is 16.5. The van der Waals surface area contributed by atoms with Crippen molar-refractivity contribution >= 4 is 11.7 Å². The SMILES string of the molecule is CCOC(=O)c1cc(CN)c(N)cc1O. The summed E-state index contributed by atoms with van der Waals surface area (Å²) in [6.07, 6.45) is 0. The molecule has 0 spiro atoms. The molecule has 0 aromatic heterocycles. The van der Waals surface area contributed by atoms with Crippen LogP contribution in [-0.2, 0) is 11.3 Å². The Labute approximate surface area is 87.6 Å². The van der Waals surface area contributed by atoms with Crippen molar-refractivity contribution in [1.82, 2.24) is 0 Å². The summed E-state index contributed by atoms with van der Waals surface area (Å²) < 4.78 is 4.77. The van der Waals surface area contributed by atoms with Crippen LogP contribution in [0.15, 0.2) is 12.1 Å². The van der Waals surface area contributed by atoms with Crippen LogP contribution in [0.4, 0.5) is 5.69 Å². The molecule has 1 rings (SSSR count). The van der Waals surface area contributed by atoms with Crippen molar-refractivity contribution in [2.75, 3.05) is 12.3 Å². The normalized spacial score (nSPS) is 10.0. The van der Waals surface area contributed by atoms with Crippen molar-refractivity contribution in [3.05, 3.63) is 23.3 Å². The van der Waals surface area contributed by atoms with Crippen molar-refractivity contribution < 1.29 is 14.6 Å². The maximum atomic E-state index is 11.4. The molecule has 0 amide bonds. The number of carbonyl (C=O) groups excluding carboxylic acids is 1. The predicted molar refractivity (Wildman–Crippen MR) is 56.4 cm³/mol. The summed E-state index contributed by atoms with van der Waals surface area (Å²) in [5, 5.41) is 9.49. The second-order valence-electron chi connectivity index (χ2n) is 2.99. The smallest absolute Gasteiger partial charge is 0.341 e. The van der Waals surface area contributed by atoms with Crippen LogP contribution in [0.1, 0.15) is 22.8 Å². The molecular formula is C10H14N2O3. The Morgan fingerprint density at radius 3 is 2.73 bits per heavy atom. The molecule has 1 aromatic carbocycles. The van der Waals surface area contributed by atoms with Gasteiger partial charge in [0.2, 0.25) is 0 Å². The van der Waals surface area contributed by atoms with Crippen LogP contribution in [0.25, 0.3) is 0 Å². The molecule has 82 valence electrons. The molecule has 1 aromatic rings. The number of aromatic hydroxyl groups is 1. The van der Waals surface area contributed by atoms with Gasteiger partial charge in [0.1, 0.15) is 11.3 Å². The third kappa shape index (κ3) is 2.38. The molecule has 0 fully saturated rings. The molecule has 5 nitrogen and oxygen atoms in total. The van der Waals surface area contributed by atoms with Gasteiger partial charge in [0.25, 0.3) is 0 Å². The van der Waals surface area contributed by atoms with E-state index in [0.717, 1.165) is 0 Å². The Bertz CT molecular complexity index is 377. The lowest BCUT2D eigenvalue weighted by molar-refractivity contribution is 0.0523. The Morgan fingerprint density at radius 2 is 2.20 bits per heavy atom. The van der Waals surface area contributed by atoms with E-state index in [1.807, 2.05) is 0 Å². The first kappa shape index (κ1) is 11.3. The summed E-state index contributed by atoms with van der Waals surface area (Å²) in [5.74, 6) is -0.771. The highest BCUT2D eigenvalue weighted by Crippen LogP contribution is 2.24. The van der Waals surface area contributed by atoms with Gasteiger partial charge in [-0.3, -0.25) is 0 Å². The number of carbonyl (C=O) groups is 1. The second kappa shape index (κ2) is 4.65. The second-order valence-corrected chi connectivity index (χ2v) is 2.99. The van der Waals surface area contributed by atoms with E-state index in [1.54, 1.807) is 6.92 Å². The Balaban J connectivity index is 3.12. The molecular weight excluding hydrogens is 196 g/mol. The number of nitrogens with two attached hydrogens (primary N) is 2. The number of anilines is 1. The van der Waals surface area contributed by atoms with Gasteiger partial charge in [-0.15, -0.1) is 0 Å². The maximum absolute atomic E-state index is 11.4. The van der Waals surface area contributed by atoms with Crippen LogP contribution >= 0.6 is 0 Å². The molecule has 5 heteroatoms. The summed E-state index contributed by atoms with van der Waals surface area (Å²) >= 11 is 0. The fourth-order valence-electron chi connectivity index (χ4n) is 1.20. The van der Waals surface area contributed by atoms with Gasteiger partial charge < -0.3 is 21.3 Å². The fourth-order valence-corrected chi connectivity index (χ4v) is 1.20. The first-order chi connectivity index (χ1) is 7.10. The fraction of sp³-hybridized carbons (Fsp3) is 0.300. The Kier molecular flexibility index (Phi) is 3.51. The zero-order valence-corrected chi connectivity index (χ0v) is 8.49. The third-order valence-corrected chi connectivity index (χ3v) is 1.97. The Hall–Kier alpha value is -1.75. The molecule has 0 saturated carbocycles. The summed E-state index contributed by atoms with van der Waals surface area (Å²) in [6, 6.07) is 2.75. The molecule has 0 saturated heterocycles. The molecule has 5 N–H and O–H groups in total. The minimum atomic E-state index is -0.579. The van der Waals surface area contributed by atoms with Gasteiger partial charge in [-0.25, -0.2) is 4.79 Å². The number of benzene rings is 1. The van der Waals surface area contributed by atoms with E-state index >= 15 is 0 Å². The van der Waals surface area contributed by atoms with Crippen molar-refractivity contribution in [3.63, 3.8) is 0 Å². The van der Waals surface area contributed by atoms with Crippen LogP contribution in [0.3, 0.4) is 0 Å². The van der Waals surface area contributed by atoms with Gasteiger partial charge in [0.05, 0.1) is 6.61 Å². The predicted octanol–water partition coefficient (Wildman–Crippen LogP) is 0.610. The van der Waals surface area contributed by atoms with Gasteiger partial charge in [-0.2, -0.15) is 0 Å². The van der Waals surface area contributed by atoms with Gasteiger partial charge in [0.15, 0.2) is 0 Å². The third-order valence-electron chi connectivity index (χ3n) is 1.97. The largest absolute Gasteiger partial charge is 0.507 e. The molecule has 0 heterocycles. The monoisotopic (exact) mass is 210 g/mol. The van der Waals surface area contributed by atoms with E-state index in [1.165, 1.54) is 12.1 Å². The van der Waals surface area contributed by atoms with Crippen molar-refractivity contribution in [2.24, 2.45) is 5.73 Å². The van der Waals surface area contributed by atoms with Crippen molar-refractivity contribution in [2.45, 2.75) is 13.5 Å². The molecule has 0 radical (unpaired) electrons. The number of ether oxygens (including phenoxy) is 1. The van der Waals surface area contributed by atoms with E-state index in [2.05, 4.69) is 0 Å². The van der Waals surface area contributed by atoms with Gasteiger partial charge in [-0.05, 0) is 18.6 Å². The molecule has 15 heavy (non-hydrogen) atoms. The van der Waals surface area contributed by atoms with Crippen LogP contribution < -0.4 is 11.5 Å². The van der Waals surface area contributed by atoms with Crippen molar-refractivity contribution in [1.29, 1.82) is 0 Å². The summed E-state index contributed by atoms with van der Waals surface area (Å²) in [5.41, 5.74) is 12.1. The standard InChI is InChI=1S/C10H14N2O3/c1-2-15-10(14)7-3-6(5-11)8(12)4-9(7)13/h3-4,13H,2,5,11-12H2,1H3. The summed E-state index contributed by atoms with van der Waals surface area (Å²) in [6.45, 7) is 2.15. The number of rotatable bonds is 3. The number of nitrogen functional groups attached to an aromatic ring is 1. The number of phenolic OH excluding ortho intramolecular Hbond substituents is 1. The van der Waals surface area contributed by atoms with E-state index in [0.29, 0.717) is 11.3 Å². The van der Waals surface area contributed by atoms with Crippen LogP contribution in [0, 0.1) is 0 Å². The average molecular weight is 210 g/mol. The molecule has 0 aliphatic carbocycles. The number of hydrogen-bond acceptors (Lipinski definition) is 5. The zero-order valence-electron chi connectivity index (χ0n) is 8.49. The average Bonchev–Trinajstić information content (AvgIpc) is 2.18. The first-order valence-corrected chi connectivity index (χ1v) is 4.58. The van der Waals surface area contributed by atoms with E-state index in [4.69, 9.17) is 16.2 Å². The molecule has 0 atom stereocenters. The Morgan fingerprint density at radius 1 is 1.53 bits per heavy atom. The first-order valence-electron chi connectivity index (χ1n) is 4.58. The van der Waals surface area contributed by atoms with Gasteiger partial charge in [-0.1, -0.05) is 0 Å². The zero-order chi connectivity index (χ0) is 11.4. The van der Waals surface area contributed by atoms with E-state index < -0.39 is 5.97 Å². The highest BCUT2D eigenvalue weighted by Gasteiger charge is 2.14. The van der Waals surface area contributed by atoms with Gasteiger partial charge >= 0.3 is 5.97 Å². The summed E-state index contributed by atoms with van der Waals surface area (Å²) in [7, 11) is 0.